The smallest absolute Gasteiger partial charge is 0.746 e. The molecule has 7 unspecified atom stereocenters. The van der Waals surface area contributed by atoms with Crippen LogP contribution in [-0.4, -0.2) is 67.9 Å². The number of alkyl halides is 11. The third kappa shape index (κ3) is 7.02. The quantitative estimate of drug-likeness (QED) is 0.280. The van der Waals surface area contributed by atoms with E-state index in [2.05, 4.69) is 0 Å². The first-order valence-electron chi connectivity index (χ1n) is 5.65. The Morgan fingerprint density at radius 2 is 1.00 bits per heavy atom. The maximum Gasteiger partial charge on any atom is 1.00 e. The van der Waals surface area contributed by atoms with E-state index in [4.69, 9.17) is 0 Å². The van der Waals surface area contributed by atoms with E-state index in [1.807, 2.05) is 0 Å². The standard InChI is InChI=1S/C9H9F11O3S.K/c10-1(3(12)5(14)7(16)17)2(11)4(13)6(15)9(19,20)8(18)24(21,22)23;/h1-8H,(H,21,22,23);/q;+1/p-1. The van der Waals surface area contributed by atoms with Crippen LogP contribution in [0.1, 0.15) is 0 Å². The maximum absolute atomic E-state index is 13.1. The summed E-state index contributed by atoms with van der Waals surface area (Å²) < 4.78 is 169. The molecule has 0 saturated heterocycles. The third-order valence-corrected chi connectivity index (χ3v) is 3.48. The summed E-state index contributed by atoms with van der Waals surface area (Å²) in [5.41, 5.74) is -4.90. The van der Waals surface area contributed by atoms with Crippen LogP contribution in [0.4, 0.5) is 48.3 Å². The van der Waals surface area contributed by atoms with Crippen molar-refractivity contribution in [2.45, 2.75) is 54.9 Å². The van der Waals surface area contributed by atoms with Crippen molar-refractivity contribution in [1.82, 2.24) is 0 Å². The van der Waals surface area contributed by atoms with Crippen molar-refractivity contribution in [3.05, 3.63) is 0 Å². The average molecular weight is 444 g/mol. The fourth-order valence-corrected chi connectivity index (χ4v) is 1.87. The Balaban J connectivity index is 0. The Hall–Kier alpha value is 0.776. The van der Waals surface area contributed by atoms with Crippen LogP contribution in [0.2, 0.25) is 0 Å². The van der Waals surface area contributed by atoms with E-state index in [1.54, 1.807) is 0 Å². The minimum atomic E-state index is -6.55. The molecule has 16 heteroatoms. The molecular formula is C9H8F11KO3S. The van der Waals surface area contributed by atoms with Gasteiger partial charge in [0.2, 0.25) is 6.17 Å². The van der Waals surface area contributed by atoms with Gasteiger partial charge in [-0.2, -0.15) is 8.78 Å². The Kier molecular flexibility index (Phi) is 11.6. The van der Waals surface area contributed by atoms with Crippen molar-refractivity contribution >= 4 is 10.1 Å². The second-order valence-electron chi connectivity index (χ2n) is 4.44. The zero-order chi connectivity index (χ0) is 19.6. The van der Waals surface area contributed by atoms with Crippen LogP contribution in [0, 0.1) is 0 Å². The summed E-state index contributed by atoms with van der Waals surface area (Å²) in [6.07, 6.45) is -30.2. The van der Waals surface area contributed by atoms with Crippen LogP contribution in [0.5, 0.6) is 0 Å². The number of rotatable bonds is 9. The maximum atomic E-state index is 13.1. The van der Waals surface area contributed by atoms with E-state index >= 15 is 0 Å². The Morgan fingerprint density at radius 3 is 1.32 bits per heavy atom. The SMILES string of the molecule is O=S(=O)([O-])C(F)C(F)(F)C(F)C(F)C(F)C(F)C(F)C(F)C(F)F.[K+]. The first-order valence-corrected chi connectivity index (χ1v) is 7.13. The van der Waals surface area contributed by atoms with Gasteiger partial charge in [-0.25, -0.2) is 47.9 Å². The topological polar surface area (TPSA) is 57.2 Å². The molecule has 0 fully saturated rings. The Morgan fingerprint density at radius 1 is 0.680 bits per heavy atom. The normalized spacial score (nSPS) is 21.6. The van der Waals surface area contributed by atoms with E-state index in [0.717, 1.165) is 0 Å². The molecule has 0 radical (unpaired) electrons. The fraction of sp³-hybridized carbons (Fsp3) is 1.00. The van der Waals surface area contributed by atoms with Crippen LogP contribution >= 0.6 is 0 Å². The van der Waals surface area contributed by atoms with Crippen LogP contribution < -0.4 is 51.4 Å². The van der Waals surface area contributed by atoms with Crippen molar-refractivity contribution in [2.75, 3.05) is 0 Å². The van der Waals surface area contributed by atoms with E-state index < -0.39 is 65.0 Å². The minimum absolute atomic E-state index is 0. The molecule has 0 aromatic heterocycles. The van der Waals surface area contributed by atoms with Gasteiger partial charge >= 0.3 is 57.3 Å². The Labute approximate surface area is 176 Å². The van der Waals surface area contributed by atoms with Crippen LogP contribution in [0.25, 0.3) is 0 Å². The average Bonchev–Trinajstić information content (AvgIpc) is 2.48. The zero-order valence-electron chi connectivity index (χ0n) is 11.9. The van der Waals surface area contributed by atoms with Gasteiger partial charge in [-0.05, 0) is 0 Å². The molecule has 0 rings (SSSR count). The molecule has 7 atom stereocenters. The van der Waals surface area contributed by atoms with Crippen LogP contribution in [-0.2, 0) is 10.1 Å². The Bertz CT molecular complexity index is 507. The summed E-state index contributed by atoms with van der Waals surface area (Å²) in [4.78, 5) is 0. The summed E-state index contributed by atoms with van der Waals surface area (Å²) in [7, 11) is -6.55. The van der Waals surface area contributed by atoms with Gasteiger partial charge in [0.05, 0.1) is 0 Å². The summed E-state index contributed by atoms with van der Waals surface area (Å²) in [5.74, 6) is -6.02. The molecule has 0 aliphatic carbocycles. The van der Waals surface area contributed by atoms with Crippen molar-refractivity contribution < 1.29 is 113 Å². The molecule has 0 saturated carbocycles. The molecule has 3 nitrogen and oxygen atoms in total. The predicted molar refractivity (Wildman–Crippen MR) is 54.9 cm³/mol. The van der Waals surface area contributed by atoms with Crippen molar-refractivity contribution in [3.63, 3.8) is 0 Å². The molecule has 25 heavy (non-hydrogen) atoms. The van der Waals surface area contributed by atoms with E-state index in [0.29, 0.717) is 0 Å². The van der Waals surface area contributed by atoms with Crippen molar-refractivity contribution in [3.8, 4) is 0 Å². The monoisotopic (exact) mass is 444 g/mol. The van der Waals surface area contributed by atoms with E-state index in [-0.39, 0.29) is 51.4 Å². The molecule has 0 heterocycles. The molecule has 0 amide bonds. The second-order valence-corrected chi connectivity index (χ2v) is 5.84. The van der Waals surface area contributed by atoms with Crippen molar-refractivity contribution in [1.29, 1.82) is 0 Å². The van der Waals surface area contributed by atoms with Gasteiger partial charge in [-0.3, -0.25) is 0 Å². The van der Waals surface area contributed by atoms with Gasteiger partial charge in [-0.1, -0.05) is 0 Å². The molecule has 0 aromatic rings. The zero-order valence-corrected chi connectivity index (χ0v) is 15.8. The fourth-order valence-electron chi connectivity index (χ4n) is 1.36. The van der Waals surface area contributed by atoms with E-state index in [9.17, 15) is 61.3 Å². The molecule has 0 aliphatic rings. The summed E-state index contributed by atoms with van der Waals surface area (Å²) >= 11 is 0. The van der Waals surface area contributed by atoms with Crippen molar-refractivity contribution in [2.24, 2.45) is 0 Å². The largest absolute Gasteiger partial charge is 1.00 e. The number of hydrogen-bond acceptors (Lipinski definition) is 3. The third-order valence-electron chi connectivity index (χ3n) is 2.66. The van der Waals surface area contributed by atoms with Gasteiger partial charge < -0.3 is 4.55 Å². The number of hydrogen-bond donors (Lipinski definition) is 0. The summed E-state index contributed by atoms with van der Waals surface area (Å²) in [5, 5.41) is 0. The molecule has 0 N–H and O–H groups in total. The minimum Gasteiger partial charge on any atom is -0.746 e. The second kappa shape index (κ2) is 10.4. The predicted octanol–water partition coefficient (Wildman–Crippen LogP) is -0.240. The summed E-state index contributed by atoms with van der Waals surface area (Å²) in [6.45, 7) is 0. The molecule has 0 aliphatic heterocycles. The molecule has 0 spiro atoms. The molecular weight excluding hydrogens is 436 g/mol. The van der Waals surface area contributed by atoms with Gasteiger partial charge in [-0.15, -0.1) is 0 Å². The molecule has 146 valence electrons. The van der Waals surface area contributed by atoms with Gasteiger partial charge in [0, 0.05) is 0 Å². The van der Waals surface area contributed by atoms with Gasteiger partial charge in [0.1, 0.15) is 10.1 Å². The molecule has 0 bridgehead atoms. The van der Waals surface area contributed by atoms with Gasteiger partial charge in [0.15, 0.2) is 30.9 Å². The van der Waals surface area contributed by atoms with Crippen LogP contribution in [0.3, 0.4) is 0 Å². The first kappa shape index (κ1) is 28.0. The summed E-state index contributed by atoms with van der Waals surface area (Å²) in [6, 6.07) is 0. The molecule has 0 aromatic carbocycles. The van der Waals surface area contributed by atoms with Crippen LogP contribution in [0.15, 0.2) is 0 Å². The number of halogens is 11. The van der Waals surface area contributed by atoms with Gasteiger partial charge in [0.25, 0.3) is 11.9 Å². The van der Waals surface area contributed by atoms with E-state index in [1.165, 1.54) is 0 Å². The first-order chi connectivity index (χ1) is 10.6.